The summed E-state index contributed by atoms with van der Waals surface area (Å²) in [4.78, 5) is 42.4. The predicted molar refractivity (Wildman–Crippen MR) is 125 cm³/mol. The maximum Gasteiger partial charge on any atom is 0.262 e. The molecule has 1 N–H and O–H groups in total. The number of ketones is 1. The molecule has 3 aromatic carbocycles. The van der Waals surface area contributed by atoms with Crippen LogP contribution in [0.25, 0.3) is 16.6 Å². The Kier molecular flexibility index (Phi) is 5.28. The summed E-state index contributed by atoms with van der Waals surface area (Å²) >= 11 is 0. The minimum atomic E-state index is -0.229. The largest absolute Gasteiger partial charge is 0.348 e. The molecule has 0 unspecified atom stereocenters. The first-order valence-electron chi connectivity index (χ1n) is 10.5. The van der Waals surface area contributed by atoms with E-state index in [9.17, 15) is 14.4 Å². The summed E-state index contributed by atoms with van der Waals surface area (Å²) in [5.41, 5.74) is 3.04. The summed E-state index contributed by atoms with van der Waals surface area (Å²) in [5, 5.41) is 3.39. The van der Waals surface area contributed by atoms with Crippen LogP contribution < -0.4 is 10.9 Å². The van der Waals surface area contributed by atoms with E-state index in [4.69, 9.17) is 0 Å². The number of carbonyl (C=O) groups excluding carboxylic acids is 2. The third kappa shape index (κ3) is 3.92. The zero-order chi connectivity index (χ0) is 22.8. The smallest absolute Gasteiger partial charge is 0.262 e. The van der Waals surface area contributed by atoms with Crippen molar-refractivity contribution in [1.82, 2.24) is 19.3 Å². The number of Topliss-reactive ketones (excluding diaryl/α,β-unsaturated/α-hetero) is 1. The molecule has 0 atom stereocenters. The molecule has 5 aromatic rings. The number of rotatable bonds is 6. The monoisotopic (exact) mass is 436 g/mol. The third-order valence-electron chi connectivity index (χ3n) is 5.60. The van der Waals surface area contributed by atoms with Crippen LogP contribution in [0.5, 0.6) is 0 Å². The molecule has 0 spiro atoms. The number of hydrogen-bond donors (Lipinski definition) is 1. The molecule has 0 saturated heterocycles. The van der Waals surface area contributed by atoms with Crippen LogP contribution in [0.4, 0.5) is 0 Å². The van der Waals surface area contributed by atoms with Crippen molar-refractivity contribution in [2.24, 2.45) is 0 Å². The van der Waals surface area contributed by atoms with Gasteiger partial charge in [-0.2, -0.15) is 0 Å². The molecule has 7 heteroatoms. The van der Waals surface area contributed by atoms with Gasteiger partial charge in [0.15, 0.2) is 5.78 Å². The molecule has 0 radical (unpaired) electrons. The molecule has 7 nitrogen and oxygen atoms in total. The van der Waals surface area contributed by atoms with Crippen LogP contribution in [0, 0.1) is 0 Å². The topological polar surface area (TPSA) is 85.5 Å². The highest BCUT2D eigenvalue weighted by Crippen LogP contribution is 2.14. The second-order valence-corrected chi connectivity index (χ2v) is 7.70. The van der Waals surface area contributed by atoms with E-state index in [2.05, 4.69) is 10.3 Å². The van der Waals surface area contributed by atoms with Crippen LogP contribution in [-0.2, 0) is 13.1 Å². The van der Waals surface area contributed by atoms with Crippen LogP contribution in [0.15, 0.2) is 96.2 Å². The molecule has 33 heavy (non-hydrogen) atoms. The van der Waals surface area contributed by atoms with E-state index in [1.807, 2.05) is 34.7 Å². The van der Waals surface area contributed by atoms with Crippen LogP contribution in [0.2, 0.25) is 0 Å². The van der Waals surface area contributed by atoms with Gasteiger partial charge in [0.1, 0.15) is 12.0 Å². The van der Waals surface area contributed by atoms with Gasteiger partial charge in [-0.3, -0.25) is 23.4 Å². The van der Waals surface area contributed by atoms with Crippen molar-refractivity contribution in [3.8, 4) is 0 Å². The van der Waals surface area contributed by atoms with E-state index >= 15 is 0 Å². The zero-order valence-corrected chi connectivity index (χ0v) is 17.6. The van der Waals surface area contributed by atoms with Gasteiger partial charge in [0, 0.05) is 17.7 Å². The average Bonchev–Trinajstić information content (AvgIpc) is 3.36. The molecule has 162 valence electrons. The van der Waals surface area contributed by atoms with Gasteiger partial charge in [0.25, 0.3) is 11.5 Å². The lowest BCUT2D eigenvalue weighted by Gasteiger charge is -2.11. The fourth-order valence-electron chi connectivity index (χ4n) is 3.86. The Hall–Kier alpha value is -4.52. The van der Waals surface area contributed by atoms with Gasteiger partial charge in [-0.05, 0) is 29.8 Å². The summed E-state index contributed by atoms with van der Waals surface area (Å²) in [7, 11) is 0. The van der Waals surface area contributed by atoms with E-state index in [1.54, 1.807) is 61.1 Å². The summed E-state index contributed by atoms with van der Waals surface area (Å²) in [6.45, 7) is 0.256. The lowest BCUT2D eigenvalue weighted by molar-refractivity contribution is 0.0947. The first kappa shape index (κ1) is 20.4. The molecule has 0 saturated carbocycles. The molecule has 1 amide bonds. The molecule has 2 aromatic heterocycles. The average molecular weight is 436 g/mol. The maximum absolute atomic E-state index is 13.1. The summed E-state index contributed by atoms with van der Waals surface area (Å²) in [6.07, 6.45) is 3.22. The fraction of sp³-hybridized carbons (Fsp3) is 0.0769. The van der Waals surface area contributed by atoms with Crippen molar-refractivity contribution in [1.29, 1.82) is 0 Å². The van der Waals surface area contributed by atoms with Crippen molar-refractivity contribution in [2.75, 3.05) is 0 Å². The number of benzene rings is 3. The van der Waals surface area contributed by atoms with Gasteiger partial charge in [-0.1, -0.05) is 54.6 Å². The number of carbonyl (C=O) groups is 2. The van der Waals surface area contributed by atoms with Gasteiger partial charge < -0.3 is 5.32 Å². The maximum atomic E-state index is 13.1. The van der Waals surface area contributed by atoms with Gasteiger partial charge in [0.2, 0.25) is 0 Å². The molecule has 0 fully saturated rings. The summed E-state index contributed by atoms with van der Waals surface area (Å²) in [5.74, 6) is -0.341. The van der Waals surface area contributed by atoms with Gasteiger partial charge >= 0.3 is 0 Å². The number of nitrogens with zero attached hydrogens (tertiary/aromatic N) is 3. The van der Waals surface area contributed by atoms with Crippen molar-refractivity contribution < 1.29 is 9.59 Å². The molecule has 0 aliphatic heterocycles. The molecular formula is C26H20N4O3. The Morgan fingerprint density at radius 2 is 1.58 bits per heavy atom. The van der Waals surface area contributed by atoms with Crippen LogP contribution >= 0.6 is 0 Å². The van der Waals surface area contributed by atoms with Crippen molar-refractivity contribution in [2.45, 2.75) is 13.1 Å². The van der Waals surface area contributed by atoms with Crippen molar-refractivity contribution in [3.63, 3.8) is 0 Å². The lowest BCUT2D eigenvalue weighted by Crippen LogP contribution is -2.26. The zero-order valence-electron chi connectivity index (χ0n) is 17.6. The second-order valence-electron chi connectivity index (χ2n) is 7.70. The molecule has 5 rings (SSSR count). The number of aromatic nitrogens is 3. The third-order valence-corrected chi connectivity index (χ3v) is 5.60. The number of amides is 1. The molecule has 0 aliphatic rings. The standard InChI is InChI=1S/C26H20N4O3/c31-23(16-29-24-15-27-17-30(24)22-9-5-4-8-21(22)26(29)33)19-12-10-18(11-13-19)14-28-25(32)20-6-2-1-3-7-20/h1-13,15,17H,14,16H2,(H,28,32). The Balaban J connectivity index is 1.34. The quantitative estimate of drug-likeness (QED) is 0.413. The van der Waals surface area contributed by atoms with E-state index in [-0.39, 0.29) is 23.8 Å². The van der Waals surface area contributed by atoms with E-state index in [0.717, 1.165) is 11.1 Å². The van der Waals surface area contributed by atoms with Gasteiger partial charge in [0.05, 0.1) is 23.6 Å². The minimum absolute atomic E-state index is 0.0943. The van der Waals surface area contributed by atoms with E-state index < -0.39 is 0 Å². The SMILES string of the molecule is O=C(Cn1c(=O)c2ccccc2n2cncc12)c1ccc(CNC(=O)c2ccccc2)cc1. The van der Waals surface area contributed by atoms with E-state index in [0.29, 0.717) is 28.7 Å². The Labute approximate surface area is 188 Å². The van der Waals surface area contributed by atoms with E-state index in [1.165, 1.54) is 4.57 Å². The fourth-order valence-corrected chi connectivity index (χ4v) is 3.86. The highest BCUT2D eigenvalue weighted by atomic mass is 16.2. The van der Waals surface area contributed by atoms with Gasteiger partial charge in [-0.25, -0.2) is 4.98 Å². The van der Waals surface area contributed by atoms with Crippen LogP contribution in [-0.4, -0.2) is 25.6 Å². The molecular weight excluding hydrogens is 416 g/mol. The number of hydrogen-bond acceptors (Lipinski definition) is 4. The first-order valence-corrected chi connectivity index (χ1v) is 10.5. The number of imidazole rings is 1. The Morgan fingerprint density at radius 3 is 2.36 bits per heavy atom. The molecule has 0 aliphatic carbocycles. The highest BCUT2D eigenvalue weighted by molar-refractivity contribution is 5.96. The van der Waals surface area contributed by atoms with Crippen molar-refractivity contribution >= 4 is 28.2 Å². The minimum Gasteiger partial charge on any atom is -0.348 e. The Morgan fingerprint density at radius 1 is 0.848 bits per heavy atom. The summed E-state index contributed by atoms with van der Waals surface area (Å²) < 4.78 is 3.26. The number of fused-ring (bicyclic) bond motifs is 3. The summed E-state index contributed by atoms with van der Waals surface area (Å²) in [6, 6.07) is 23.3. The number of para-hydroxylation sites is 1. The van der Waals surface area contributed by atoms with Crippen LogP contribution in [0.3, 0.4) is 0 Å². The van der Waals surface area contributed by atoms with Gasteiger partial charge in [-0.15, -0.1) is 0 Å². The van der Waals surface area contributed by atoms with Crippen LogP contribution in [0.1, 0.15) is 26.3 Å². The second kappa shape index (κ2) is 8.55. The predicted octanol–water partition coefficient (Wildman–Crippen LogP) is 3.46. The Bertz CT molecular complexity index is 1530. The van der Waals surface area contributed by atoms with Crippen molar-refractivity contribution in [3.05, 3.63) is 118 Å². The first-order chi connectivity index (χ1) is 16.1. The number of nitrogens with one attached hydrogen (secondary N) is 1. The normalized spacial score (nSPS) is 11.0. The highest BCUT2D eigenvalue weighted by Gasteiger charge is 2.15. The molecule has 2 heterocycles. The molecule has 0 bridgehead atoms. The lowest BCUT2D eigenvalue weighted by atomic mass is 10.1.